The second-order valence-electron chi connectivity index (χ2n) is 7.65. The second kappa shape index (κ2) is 4.74. The normalized spacial score (nSPS) is 40.8. The van der Waals surface area contributed by atoms with Crippen molar-refractivity contribution in [3.63, 3.8) is 0 Å². The van der Waals surface area contributed by atoms with E-state index in [1.807, 2.05) is 18.2 Å². The lowest BCUT2D eigenvalue weighted by molar-refractivity contribution is -0.0533. The van der Waals surface area contributed by atoms with Gasteiger partial charge in [-0.3, -0.25) is 0 Å². The molecular formula is C19H26O2. The van der Waals surface area contributed by atoms with E-state index < -0.39 is 5.60 Å². The van der Waals surface area contributed by atoms with E-state index in [1.165, 1.54) is 25.7 Å². The summed E-state index contributed by atoms with van der Waals surface area (Å²) in [6.45, 7) is 4.10. The van der Waals surface area contributed by atoms with Crippen molar-refractivity contribution in [3.05, 3.63) is 29.8 Å². The first kappa shape index (κ1) is 13.6. The third-order valence-electron chi connectivity index (χ3n) is 6.21. The fraction of sp³-hybridized carbons (Fsp3) is 0.684. The summed E-state index contributed by atoms with van der Waals surface area (Å²) in [7, 11) is 0. The fourth-order valence-corrected chi connectivity index (χ4v) is 5.60. The predicted molar refractivity (Wildman–Crippen MR) is 83.1 cm³/mol. The van der Waals surface area contributed by atoms with Gasteiger partial charge in [-0.25, -0.2) is 0 Å². The number of fused-ring (bicyclic) bond motifs is 5. The lowest BCUT2D eigenvalue weighted by Gasteiger charge is -2.40. The molecule has 0 spiro atoms. The maximum absolute atomic E-state index is 11.5. The van der Waals surface area contributed by atoms with E-state index in [0.717, 1.165) is 35.5 Å². The first-order valence-corrected chi connectivity index (χ1v) is 8.58. The molecule has 114 valence electrons. The summed E-state index contributed by atoms with van der Waals surface area (Å²) < 4.78 is 5.98. The van der Waals surface area contributed by atoms with Crippen LogP contribution in [0.4, 0.5) is 0 Å². The number of ether oxygens (including phenoxy) is 1. The van der Waals surface area contributed by atoms with E-state index >= 15 is 0 Å². The average molecular weight is 286 g/mol. The van der Waals surface area contributed by atoms with Gasteiger partial charge in [0.05, 0.1) is 11.7 Å². The van der Waals surface area contributed by atoms with Crippen LogP contribution in [0, 0.1) is 23.7 Å². The van der Waals surface area contributed by atoms with Gasteiger partial charge < -0.3 is 9.84 Å². The molecule has 0 heterocycles. The van der Waals surface area contributed by atoms with Crippen LogP contribution in [0.15, 0.2) is 24.3 Å². The van der Waals surface area contributed by atoms with E-state index in [0.29, 0.717) is 5.92 Å². The van der Waals surface area contributed by atoms with Crippen LogP contribution in [0.2, 0.25) is 0 Å². The Kier molecular flexibility index (Phi) is 3.08. The molecule has 0 amide bonds. The van der Waals surface area contributed by atoms with Crippen molar-refractivity contribution >= 4 is 0 Å². The average Bonchev–Trinajstić information content (AvgIpc) is 3.09. The Balaban J connectivity index is 1.71. The molecule has 0 aromatic heterocycles. The van der Waals surface area contributed by atoms with E-state index in [4.69, 9.17) is 4.74 Å². The van der Waals surface area contributed by atoms with Crippen molar-refractivity contribution in [3.8, 4) is 5.75 Å². The van der Waals surface area contributed by atoms with Crippen molar-refractivity contribution in [2.45, 2.75) is 57.7 Å². The third-order valence-corrected chi connectivity index (χ3v) is 6.21. The van der Waals surface area contributed by atoms with Gasteiger partial charge in [0.1, 0.15) is 5.75 Å². The SMILES string of the molecule is CC(C)Oc1ccccc1C1(O)CC2CC1C1CCCC21. The molecule has 0 radical (unpaired) electrons. The standard InChI is InChI=1S/C19H26O2/c1-12(2)21-18-9-4-3-8-16(18)19(20)11-13-10-17(19)15-7-5-6-14(13)15/h3-4,8-9,12-15,17,20H,5-7,10-11H2,1-2H3. The number of hydrogen-bond acceptors (Lipinski definition) is 2. The molecule has 5 atom stereocenters. The number of hydrogen-bond donors (Lipinski definition) is 1. The summed E-state index contributed by atoms with van der Waals surface area (Å²) in [5, 5.41) is 11.5. The Morgan fingerprint density at radius 3 is 2.76 bits per heavy atom. The van der Waals surface area contributed by atoms with Crippen molar-refractivity contribution in [2.75, 3.05) is 0 Å². The van der Waals surface area contributed by atoms with Crippen molar-refractivity contribution in [2.24, 2.45) is 23.7 Å². The summed E-state index contributed by atoms with van der Waals surface area (Å²) in [6, 6.07) is 8.16. The lowest BCUT2D eigenvalue weighted by Crippen LogP contribution is -2.39. The molecule has 2 heteroatoms. The van der Waals surface area contributed by atoms with Gasteiger partial charge in [-0.15, -0.1) is 0 Å². The van der Waals surface area contributed by atoms with Gasteiger partial charge in [-0.2, -0.15) is 0 Å². The van der Waals surface area contributed by atoms with E-state index in [-0.39, 0.29) is 6.10 Å². The fourth-order valence-electron chi connectivity index (χ4n) is 5.60. The van der Waals surface area contributed by atoms with Crippen LogP contribution < -0.4 is 4.74 Å². The van der Waals surface area contributed by atoms with Gasteiger partial charge in [-0.05, 0) is 69.3 Å². The lowest BCUT2D eigenvalue weighted by atomic mass is 9.70. The maximum Gasteiger partial charge on any atom is 0.125 e. The molecule has 1 aromatic rings. The summed E-state index contributed by atoms with van der Waals surface area (Å²) in [5.74, 6) is 3.72. The molecule has 5 unspecified atom stereocenters. The summed E-state index contributed by atoms with van der Waals surface area (Å²) >= 11 is 0. The Morgan fingerprint density at radius 2 is 1.95 bits per heavy atom. The molecule has 0 aliphatic heterocycles. The molecule has 0 saturated heterocycles. The molecule has 21 heavy (non-hydrogen) atoms. The van der Waals surface area contributed by atoms with Crippen LogP contribution in [-0.4, -0.2) is 11.2 Å². The quantitative estimate of drug-likeness (QED) is 0.905. The summed E-state index contributed by atoms with van der Waals surface area (Å²) in [4.78, 5) is 0. The van der Waals surface area contributed by atoms with Crippen molar-refractivity contribution in [1.29, 1.82) is 0 Å². The summed E-state index contributed by atoms with van der Waals surface area (Å²) in [6.07, 6.45) is 6.39. The Labute approximate surface area is 127 Å². The van der Waals surface area contributed by atoms with Gasteiger partial charge in [0, 0.05) is 5.56 Å². The van der Waals surface area contributed by atoms with Crippen LogP contribution in [-0.2, 0) is 5.60 Å². The monoisotopic (exact) mass is 286 g/mol. The molecule has 1 aromatic carbocycles. The maximum atomic E-state index is 11.5. The molecule has 3 aliphatic rings. The zero-order chi connectivity index (χ0) is 14.6. The minimum absolute atomic E-state index is 0.146. The number of benzene rings is 1. The zero-order valence-corrected chi connectivity index (χ0v) is 13.1. The van der Waals surface area contributed by atoms with Gasteiger partial charge in [0.25, 0.3) is 0 Å². The van der Waals surface area contributed by atoms with Crippen LogP contribution in [0.3, 0.4) is 0 Å². The van der Waals surface area contributed by atoms with E-state index in [1.54, 1.807) is 0 Å². The Morgan fingerprint density at radius 1 is 1.19 bits per heavy atom. The molecule has 1 N–H and O–H groups in total. The predicted octanol–water partition coefficient (Wildman–Crippen LogP) is 4.12. The van der Waals surface area contributed by atoms with Crippen LogP contribution in [0.5, 0.6) is 5.75 Å². The van der Waals surface area contributed by atoms with Crippen molar-refractivity contribution < 1.29 is 9.84 Å². The largest absolute Gasteiger partial charge is 0.491 e. The van der Waals surface area contributed by atoms with Crippen LogP contribution >= 0.6 is 0 Å². The van der Waals surface area contributed by atoms with E-state index in [2.05, 4.69) is 19.9 Å². The highest BCUT2D eigenvalue weighted by Gasteiger charge is 2.61. The molecule has 3 aliphatic carbocycles. The molecular weight excluding hydrogens is 260 g/mol. The van der Waals surface area contributed by atoms with Gasteiger partial charge in [-0.1, -0.05) is 24.6 Å². The van der Waals surface area contributed by atoms with Crippen molar-refractivity contribution in [1.82, 2.24) is 0 Å². The highest BCUT2D eigenvalue weighted by Crippen LogP contribution is 2.65. The Hall–Kier alpha value is -1.02. The molecule has 3 fully saturated rings. The number of aliphatic hydroxyl groups is 1. The smallest absolute Gasteiger partial charge is 0.125 e. The molecule has 3 saturated carbocycles. The molecule has 2 nitrogen and oxygen atoms in total. The van der Waals surface area contributed by atoms with Crippen LogP contribution in [0.1, 0.15) is 51.5 Å². The zero-order valence-electron chi connectivity index (χ0n) is 13.1. The van der Waals surface area contributed by atoms with Crippen LogP contribution in [0.25, 0.3) is 0 Å². The highest BCUT2D eigenvalue weighted by atomic mass is 16.5. The third kappa shape index (κ3) is 1.95. The first-order valence-electron chi connectivity index (χ1n) is 8.58. The van der Waals surface area contributed by atoms with Gasteiger partial charge in [0.15, 0.2) is 0 Å². The minimum Gasteiger partial charge on any atom is -0.491 e. The number of para-hydroxylation sites is 1. The molecule has 2 bridgehead atoms. The van der Waals surface area contributed by atoms with E-state index in [9.17, 15) is 5.11 Å². The first-order chi connectivity index (χ1) is 10.1. The topological polar surface area (TPSA) is 29.5 Å². The molecule has 4 rings (SSSR count). The highest BCUT2D eigenvalue weighted by molar-refractivity contribution is 5.40. The summed E-state index contributed by atoms with van der Waals surface area (Å²) in [5.41, 5.74) is 0.387. The Bertz CT molecular complexity index is 538. The van der Waals surface area contributed by atoms with Gasteiger partial charge in [0.2, 0.25) is 0 Å². The number of rotatable bonds is 3. The van der Waals surface area contributed by atoms with Gasteiger partial charge >= 0.3 is 0 Å². The second-order valence-corrected chi connectivity index (χ2v) is 7.65. The minimum atomic E-state index is -0.651.